The first-order valence-corrected chi connectivity index (χ1v) is 12.0. The Morgan fingerprint density at radius 3 is 2.31 bits per heavy atom. The van der Waals surface area contributed by atoms with Crippen LogP contribution in [0.15, 0.2) is 90.0 Å². The number of anilines is 1. The van der Waals surface area contributed by atoms with Crippen LogP contribution in [0.5, 0.6) is 11.5 Å². The van der Waals surface area contributed by atoms with Crippen molar-refractivity contribution in [2.24, 2.45) is 5.10 Å². The maximum atomic E-state index is 14.2. The normalized spacial score (nSPS) is 10.8. The summed E-state index contributed by atoms with van der Waals surface area (Å²) < 4.78 is 39.4. The van der Waals surface area contributed by atoms with E-state index in [0.29, 0.717) is 11.3 Å². The zero-order valence-electron chi connectivity index (χ0n) is 20.6. The van der Waals surface area contributed by atoms with Gasteiger partial charge >= 0.3 is 0 Å². The molecule has 7 nitrogen and oxygen atoms in total. The van der Waals surface area contributed by atoms with Gasteiger partial charge in [0.1, 0.15) is 18.2 Å². The van der Waals surface area contributed by atoms with Crippen LogP contribution in [0.3, 0.4) is 0 Å². The molecular weight excluding hydrogens is 528 g/mol. The Morgan fingerprint density at radius 1 is 0.872 bits per heavy atom. The number of rotatable bonds is 9. The molecule has 0 aliphatic heterocycles. The molecule has 39 heavy (non-hydrogen) atoms. The average Bonchev–Trinajstić information content (AvgIpc) is 2.93. The Balaban J connectivity index is 1.50. The van der Waals surface area contributed by atoms with E-state index in [1.54, 1.807) is 36.4 Å². The summed E-state index contributed by atoms with van der Waals surface area (Å²) in [6.45, 7) is -0.172. The molecule has 198 valence electrons. The molecule has 0 saturated carbocycles. The largest absolute Gasteiger partial charge is 0.493 e. The van der Waals surface area contributed by atoms with Gasteiger partial charge in [0.15, 0.2) is 11.5 Å². The van der Waals surface area contributed by atoms with E-state index < -0.39 is 23.4 Å². The van der Waals surface area contributed by atoms with Crippen molar-refractivity contribution in [3.05, 3.63) is 124 Å². The van der Waals surface area contributed by atoms with Gasteiger partial charge in [0, 0.05) is 11.1 Å². The van der Waals surface area contributed by atoms with Crippen molar-refractivity contribution in [2.75, 3.05) is 12.4 Å². The Bertz CT molecular complexity index is 1520. The van der Waals surface area contributed by atoms with Gasteiger partial charge in [0.25, 0.3) is 11.8 Å². The maximum absolute atomic E-state index is 14.2. The topological polar surface area (TPSA) is 89.0 Å². The molecule has 0 atom stereocenters. The van der Waals surface area contributed by atoms with Crippen LogP contribution in [0, 0.1) is 11.6 Å². The lowest BCUT2D eigenvalue weighted by molar-refractivity contribution is 0.0956. The van der Waals surface area contributed by atoms with Crippen LogP contribution in [-0.2, 0) is 6.61 Å². The van der Waals surface area contributed by atoms with Crippen LogP contribution in [0.4, 0.5) is 14.5 Å². The Hall–Kier alpha value is -4.76. The number of hydrogen-bond donors (Lipinski definition) is 2. The van der Waals surface area contributed by atoms with Crippen molar-refractivity contribution in [1.82, 2.24) is 5.43 Å². The van der Waals surface area contributed by atoms with Gasteiger partial charge < -0.3 is 14.8 Å². The van der Waals surface area contributed by atoms with Crippen LogP contribution in [0.1, 0.15) is 31.8 Å². The van der Waals surface area contributed by atoms with Crippen LogP contribution >= 0.6 is 11.6 Å². The van der Waals surface area contributed by atoms with Crippen molar-refractivity contribution in [3.8, 4) is 11.5 Å². The zero-order chi connectivity index (χ0) is 27.8. The van der Waals surface area contributed by atoms with E-state index in [2.05, 4.69) is 15.8 Å². The number of hydrazone groups is 1. The van der Waals surface area contributed by atoms with E-state index in [-0.39, 0.29) is 39.8 Å². The number of nitrogens with one attached hydrogen (secondary N) is 2. The number of ether oxygens (including phenoxy) is 2. The lowest BCUT2D eigenvalue weighted by Crippen LogP contribution is -2.21. The van der Waals surface area contributed by atoms with Crippen molar-refractivity contribution in [3.63, 3.8) is 0 Å². The third kappa shape index (κ3) is 6.58. The summed E-state index contributed by atoms with van der Waals surface area (Å²) in [6.07, 6.45) is 1.33. The maximum Gasteiger partial charge on any atom is 0.273 e. The minimum absolute atomic E-state index is 0.107. The fourth-order valence-corrected chi connectivity index (χ4v) is 3.83. The molecule has 10 heteroatoms. The van der Waals surface area contributed by atoms with Crippen LogP contribution < -0.4 is 20.2 Å². The van der Waals surface area contributed by atoms with E-state index in [1.807, 2.05) is 0 Å². The number of halogens is 3. The smallest absolute Gasteiger partial charge is 0.273 e. The number of carbonyl (C=O) groups is 2. The number of benzene rings is 4. The number of nitrogens with zero attached hydrogens (tertiary/aromatic N) is 1. The van der Waals surface area contributed by atoms with E-state index >= 15 is 0 Å². The summed E-state index contributed by atoms with van der Waals surface area (Å²) in [7, 11) is 1.45. The van der Waals surface area contributed by atoms with Crippen LogP contribution in [0.2, 0.25) is 5.02 Å². The predicted molar refractivity (Wildman–Crippen MR) is 145 cm³/mol. The molecule has 0 aliphatic rings. The van der Waals surface area contributed by atoms with Crippen molar-refractivity contribution < 1.29 is 27.8 Å². The molecule has 0 radical (unpaired) electrons. The van der Waals surface area contributed by atoms with Gasteiger partial charge in [-0.3, -0.25) is 9.59 Å². The number of para-hydroxylation sites is 2. The van der Waals surface area contributed by atoms with Gasteiger partial charge in [-0.2, -0.15) is 5.10 Å². The third-order valence-electron chi connectivity index (χ3n) is 5.56. The number of methoxy groups -OCH3 is 1. The molecule has 4 rings (SSSR count). The third-order valence-corrected chi connectivity index (χ3v) is 5.91. The standard InChI is InChI=1S/C29H22ClF2N3O4/c1-38-26-15-6-8-18(27(26)39-17-21-22(30)11-7-13-24(21)32)16-33-35-29(37)20-10-3-5-14-25(20)34-28(36)19-9-2-4-12-23(19)31/h2-16H,17H2,1H3,(H,34,36)(H,35,37). The molecule has 2 N–H and O–H groups in total. The molecule has 0 heterocycles. The first kappa shape index (κ1) is 27.3. The highest BCUT2D eigenvalue weighted by atomic mass is 35.5. The molecule has 0 unspecified atom stereocenters. The highest BCUT2D eigenvalue weighted by molar-refractivity contribution is 6.31. The Kier molecular flexibility index (Phi) is 8.86. The van der Waals surface area contributed by atoms with Gasteiger partial charge in [0.2, 0.25) is 0 Å². The quantitative estimate of drug-likeness (QED) is 0.191. The molecule has 0 spiro atoms. The Morgan fingerprint density at radius 2 is 1.56 bits per heavy atom. The van der Waals surface area contributed by atoms with Crippen LogP contribution in [-0.4, -0.2) is 25.1 Å². The molecule has 0 aromatic heterocycles. The SMILES string of the molecule is COc1cccc(C=NNC(=O)c2ccccc2NC(=O)c2ccccc2F)c1OCc1c(F)cccc1Cl. The second kappa shape index (κ2) is 12.7. The molecular formula is C29H22ClF2N3O4. The molecule has 0 saturated heterocycles. The molecule has 4 aromatic rings. The van der Waals surface area contributed by atoms with E-state index in [4.69, 9.17) is 21.1 Å². The summed E-state index contributed by atoms with van der Waals surface area (Å²) in [4.78, 5) is 25.4. The highest BCUT2D eigenvalue weighted by Gasteiger charge is 2.17. The van der Waals surface area contributed by atoms with Gasteiger partial charge in [-0.1, -0.05) is 48.0 Å². The summed E-state index contributed by atoms with van der Waals surface area (Å²) in [5.74, 6) is -1.91. The fourth-order valence-electron chi connectivity index (χ4n) is 3.61. The van der Waals surface area contributed by atoms with Crippen LogP contribution in [0.25, 0.3) is 0 Å². The summed E-state index contributed by atoms with van der Waals surface area (Å²) in [6, 6.07) is 21.1. The molecule has 0 bridgehead atoms. The summed E-state index contributed by atoms with van der Waals surface area (Å²) >= 11 is 6.10. The molecule has 0 aliphatic carbocycles. The summed E-state index contributed by atoms with van der Waals surface area (Å²) in [5.41, 5.74) is 3.13. The van der Waals surface area contributed by atoms with Gasteiger partial charge in [-0.15, -0.1) is 0 Å². The minimum Gasteiger partial charge on any atom is -0.493 e. The van der Waals surface area contributed by atoms with Crippen molar-refractivity contribution in [1.29, 1.82) is 0 Å². The first-order valence-electron chi connectivity index (χ1n) is 11.6. The Labute approximate surface area is 228 Å². The second-order valence-electron chi connectivity index (χ2n) is 8.05. The highest BCUT2D eigenvalue weighted by Crippen LogP contribution is 2.32. The van der Waals surface area contributed by atoms with E-state index in [1.165, 1.54) is 61.9 Å². The number of amides is 2. The summed E-state index contributed by atoms with van der Waals surface area (Å²) in [5, 5.41) is 6.77. The lowest BCUT2D eigenvalue weighted by atomic mass is 10.1. The zero-order valence-corrected chi connectivity index (χ0v) is 21.3. The van der Waals surface area contributed by atoms with Gasteiger partial charge in [-0.25, -0.2) is 14.2 Å². The second-order valence-corrected chi connectivity index (χ2v) is 8.45. The van der Waals surface area contributed by atoms with Crippen molar-refractivity contribution >= 4 is 35.3 Å². The lowest BCUT2D eigenvalue weighted by Gasteiger charge is -2.14. The first-order chi connectivity index (χ1) is 18.9. The van der Waals surface area contributed by atoms with Gasteiger partial charge in [-0.05, 0) is 48.5 Å². The minimum atomic E-state index is -0.704. The monoisotopic (exact) mass is 549 g/mol. The number of carbonyl (C=O) groups excluding carboxylic acids is 2. The predicted octanol–water partition coefficient (Wildman–Crippen LogP) is 6.22. The molecule has 2 amide bonds. The van der Waals surface area contributed by atoms with Crippen molar-refractivity contribution in [2.45, 2.75) is 6.61 Å². The average molecular weight is 550 g/mol. The molecule has 4 aromatic carbocycles. The van der Waals surface area contributed by atoms with E-state index in [9.17, 15) is 18.4 Å². The fraction of sp³-hybridized carbons (Fsp3) is 0.0690. The molecule has 0 fully saturated rings. The van der Waals surface area contributed by atoms with E-state index in [0.717, 1.165) is 0 Å². The van der Waals surface area contributed by atoms with Gasteiger partial charge in [0.05, 0.1) is 35.2 Å². The number of hydrogen-bond acceptors (Lipinski definition) is 5.